The fraction of sp³-hybridized carbons (Fsp3) is 0.909. The summed E-state index contributed by atoms with van der Waals surface area (Å²) in [5, 5.41) is 0. The van der Waals surface area contributed by atoms with Crippen molar-refractivity contribution in [3.63, 3.8) is 0 Å². The molecule has 0 unspecified atom stereocenters. The monoisotopic (exact) mass is 310 g/mol. The van der Waals surface area contributed by atoms with Crippen LogP contribution in [0.5, 0.6) is 0 Å². The molecule has 0 spiro atoms. The van der Waals surface area contributed by atoms with Gasteiger partial charge >= 0.3 is 0 Å². The molecule has 0 aromatic heterocycles. The van der Waals surface area contributed by atoms with Gasteiger partial charge < -0.3 is 18.9 Å². The van der Waals surface area contributed by atoms with Crippen molar-refractivity contribution < 1.29 is 36.3 Å². The summed E-state index contributed by atoms with van der Waals surface area (Å²) in [6, 6.07) is 0. The van der Waals surface area contributed by atoms with E-state index in [1.807, 2.05) is 0 Å². The predicted octanol–water partition coefficient (Wildman–Crippen LogP) is -0.577. The summed E-state index contributed by atoms with van der Waals surface area (Å²) in [5.41, 5.74) is 0. The molecule has 4 atom stereocenters. The average Bonchev–Trinajstić information content (AvgIpc) is 2.63. The average molecular weight is 310 g/mol. The Morgan fingerprint density at radius 3 is 2.50 bits per heavy atom. The molecule has 2 aliphatic heterocycles. The molecule has 0 bridgehead atoms. The van der Waals surface area contributed by atoms with Crippen LogP contribution < -0.4 is 0 Å². The molecule has 0 aliphatic carbocycles. The minimum atomic E-state index is -3.66. The summed E-state index contributed by atoms with van der Waals surface area (Å²) in [6.45, 7) is 2.94. The lowest BCUT2D eigenvalue weighted by atomic mass is 10.0. The molecule has 0 saturated carbocycles. The lowest BCUT2D eigenvalue weighted by Gasteiger charge is -2.34. The molecule has 2 fully saturated rings. The van der Waals surface area contributed by atoms with E-state index >= 15 is 0 Å². The number of hydrogen-bond acceptors (Lipinski definition) is 8. The van der Waals surface area contributed by atoms with Gasteiger partial charge in [-0.05, 0) is 13.8 Å². The molecule has 0 aromatic rings. The Morgan fingerprint density at radius 2 is 1.95 bits per heavy atom. The van der Waals surface area contributed by atoms with Crippen LogP contribution in [-0.2, 0) is 38.0 Å². The van der Waals surface area contributed by atoms with E-state index in [1.165, 1.54) is 7.11 Å². The summed E-state index contributed by atoms with van der Waals surface area (Å²) in [6.07, 6.45) is -2.55. The Hall–Kier alpha value is -0.580. The number of Topliss-reactive ketones (excluding diaryl/α,β-unsaturated/α-hetero) is 1. The number of fused-ring (bicyclic) bond motifs is 1. The normalized spacial score (nSPS) is 36.9. The third-order valence-corrected chi connectivity index (χ3v) is 3.52. The Balaban J connectivity index is 2.12. The van der Waals surface area contributed by atoms with E-state index in [0.29, 0.717) is 0 Å². The van der Waals surface area contributed by atoms with Crippen molar-refractivity contribution in [3.05, 3.63) is 0 Å². The topological polar surface area (TPSA) is 97.4 Å². The molecule has 2 heterocycles. The number of hydrogen-bond donors (Lipinski definition) is 0. The van der Waals surface area contributed by atoms with Crippen molar-refractivity contribution in [2.45, 2.75) is 44.2 Å². The van der Waals surface area contributed by atoms with E-state index in [9.17, 15) is 13.2 Å². The second-order valence-corrected chi connectivity index (χ2v) is 6.78. The zero-order valence-electron chi connectivity index (χ0n) is 11.7. The maximum atomic E-state index is 12.2. The quantitative estimate of drug-likeness (QED) is 0.636. The number of carbonyl (C=O) groups is 1. The van der Waals surface area contributed by atoms with E-state index in [1.54, 1.807) is 13.8 Å². The lowest BCUT2D eigenvalue weighted by Crippen LogP contribution is -2.55. The van der Waals surface area contributed by atoms with E-state index in [2.05, 4.69) is 4.18 Å². The van der Waals surface area contributed by atoms with E-state index in [4.69, 9.17) is 18.9 Å². The van der Waals surface area contributed by atoms with Gasteiger partial charge in [-0.25, -0.2) is 0 Å². The molecular formula is C11H18O8S. The predicted molar refractivity (Wildman–Crippen MR) is 65.3 cm³/mol. The number of rotatable bonds is 4. The molecule has 116 valence electrons. The first-order valence-corrected chi connectivity index (χ1v) is 7.86. The van der Waals surface area contributed by atoms with Crippen LogP contribution in [0, 0.1) is 0 Å². The Labute approximate surface area is 117 Å². The van der Waals surface area contributed by atoms with Crippen LogP contribution >= 0.6 is 0 Å². The highest BCUT2D eigenvalue weighted by Gasteiger charge is 2.55. The maximum Gasteiger partial charge on any atom is 0.264 e. The van der Waals surface area contributed by atoms with Crippen molar-refractivity contribution in [2.75, 3.05) is 20.0 Å². The molecule has 0 amide bonds. The Bertz CT molecular complexity index is 485. The fourth-order valence-corrected chi connectivity index (χ4v) is 2.57. The van der Waals surface area contributed by atoms with Gasteiger partial charge in [0, 0.05) is 7.11 Å². The first-order valence-electron chi connectivity index (χ1n) is 6.05. The molecule has 20 heavy (non-hydrogen) atoms. The van der Waals surface area contributed by atoms with Crippen LogP contribution in [0.3, 0.4) is 0 Å². The van der Waals surface area contributed by atoms with Gasteiger partial charge in [0.2, 0.25) is 0 Å². The van der Waals surface area contributed by atoms with E-state index in [-0.39, 0.29) is 0 Å². The van der Waals surface area contributed by atoms with Gasteiger partial charge in [0.1, 0.15) is 12.2 Å². The summed E-state index contributed by atoms with van der Waals surface area (Å²) >= 11 is 0. The molecule has 2 saturated heterocycles. The lowest BCUT2D eigenvalue weighted by molar-refractivity contribution is -0.237. The first kappa shape index (κ1) is 15.8. The molecule has 0 aromatic carbocycles. The number of ketones is 1. The Morgan fingerprint density at radius 1 is 1.30 bits per heavy atom. The minimum absolute atomic E-state index is 0.412. The van der Waals surface area contributed by atoms with Gasteiger partial charge in [0.15, 0.2) is 24.0 Å². The molecule has 0 radical (unpaired) electrons. The summed E-state index contributed by atoms with van der Waals surface area (Å²) in [4.78, 5) is 12.2. The van der Waals surface area contributed by atoms with Crippen molar-refractivity contribution in [2.24, 2.45) is 0 Å². The molecule has 9 heteroatoms. The molecule has 2 aliphatic rings. The summed E-state index contributed by atoms with van der Waals surface area (Å²) in [5.74, 6) is -1.35. The summed E-state index contributed by atoms with van der Waals surface area (Å²) < 4.78 is 48.2. The number of ether oxygens (including phenoxy) is 4. The highest BCUT2D eigenvalue weighted by atomic mass is 32.2. The number of methoxy groups -OCH3 is 1. The number of carbonyl (C=O) groups excluding carboxylic acids is 1. The zero-order chi connectivity index (χ0) is 15.1. The second-order valence-electron chi connectivity index (χ2n) is 5.14. The highest BCUT2D eigenvalue weighted by Crippen LogP contribution is 2.35. The van der Waals surface area contributed by atoms with Gasteiger partial charge in [0.05, 0.1) is 12.9 Å². The van der Waals surface area contributed by atoms with Gasteiger partial charge in [-0.2, -0.15) is 8.42 Å². The second kappa shape index (κ2) is 5.32. The van der Waals surface area contributed by atoms with E-state index < -0.39 is 52.9 Å². The Kier molecular flexibility index (Phi) is 4.20. The van der Waals surface area contributed by atoms with Crippen LogP contribution in [0.1, 0.15) is 13.8 Å². The standard InChI is InChI=1S/C11H18O8S/c1-11(2)18-8-7(12)6(5-16-20(4,13)14)17-10(15-3)9(8)19-11/h6,8-10H,5H2,1-4H3/t6-,8+,9+,10+/m1/s1. The van der Waals surface area contributed by atoms with Crippen LogP contribution in [0.2, 0.25) is 0 Å². The van der Waals surface area contributed by atoms with Gasteiger partial charge in [-0.1, -0.05) is 0 Å². The van der Waals surface area contributed by atoms with Crippen molar-refractivity contribution in [1.29, 1.82) is 0 Å². The largest absolute Gasteiger partial charge is 0.353 e. The van der Waals surface area contributed by atoms with Crippen LogP contribution in [0.25, 0.3) is 0 Å². The SMILES string of the molecule is CO[C@H]1O[C@H](COS(C)(=O)=O)C(=O)[C@@H]2OC(C)(C)O[C@H]12. The van der Waals surface area contributed by atoms with Crippen molar-refractivity contribution in [3.8, 4) is 0 Å². The maximum absolute atomic E-state index is 12.2. The van der Waals surface area contributed by atoms with Gasteiger partial charge in [-0.15, -0.1) is 0 Å². The molecule has 0 N–H and O–H groups in total. The van der Waals surface area contributed by atoms with Crippen LogP contribution in [-0.4, -0.2) is 64.6 Å². The fourth-order valence-electron chi connectivity index (χ4n) is 2.19. The van der Waals surface area contributed by atoms with Crippen molar-refractivity contribution >= 4 is 15.9 Å². The van der Waals surface area contributed by atoms with Gasteiger partial charge in [-0.3, -0.25) is 8.98 Å². The van der Waals surface area contributed by atoms with Crippen LogP contribution in [0.4, 0.5) is 0 Å². The third-order valence-electron chi connectivity index (χ3n) is 2.96. The zero-order valence-corrected chi connectivity index (χ0v) is 12.5. The minimum Gasteiger partial charge on any atom is -0.353 e. The molecule has 2 rings (SSSR count). The van der Waals surface area contributed by atoms with Crippen LogP contribution in [0.15, 0.2) is 0 Å². The molecular weight excluding hydrogens is 292 g/mol. The smallest absolute Gasteiger partial charge is 0.264 e. The summed E-state index contributed by atoms with van der Waals surface area (Å²) in [7, 11) is -2.26. The molecule has 8 nitrogen and oxygen atoms in total. The first-order chi connectivity index (χ1) is 9.13. The van der Waals surface area contributed by atoms with E-state index in [0.717, 1.165) is 6.26 Å². The van der Waals surface area contributed by atoms with Gasteiger partial charge in [0.25, 0.3) is 10.1 Å². The highest BCUT2D eigenvalue weighted by molar-refractivity contribution is 7.85. The third kappa shape index (κ3) is 3.35. The van der Waals surface area contributed by atoms with Crippen molar-refractivity contribution in [1.82, 2.24) is 0 Å².